The molecule has 9 nitrogen and oxygen atoms in total. The average molecular weight is 567 g/mol. The summed E-state index contributed by atoms with van der Waals surface area (Å²) in [6.07, 6.45) is 1.67. The number of aliphatic hydroxyl groups is 1. The Hall–Kier alpha value is -4.35. The van der Waals surface area contributed by atoms with Crippen molar-refractivity contribution >= 4 is 35.0 Å². The minimum absolute atomic E-state index is 0.0772. The van der Waals surface area contributed by atoms with E-state index in [4.69, 9.17) is 15.9 Å². The van der Waals surface area contributed by atoms with E-state index < -0.39 is 35.9 Å². The lowest BCUT2D eigenvalue weighted by molar-refractivity contribution is -0.117. The number of benzene rings is 3. The van der Waals surface area contributed by atoms with Crippen LogP contribution in [0.4, 0.5) is 30.6 Å². The Kier molecular flexibility index (Phi) is 9.31. The summed E-state index contributed by atoms with van der Waals surface area (Å²) in [6.45, 7) is 2.18. The molecule has 3 aromatic rings. The van der Waals surface area contributed by atoms with Gasteiger partial charge in [0.2, 0.25) is 5.91 Å². The molecule has 0 spiro atoms. The van der Waals surface area contributed by atoms with Gasteiger partial charge in [-0.05, 0) is 73.2 Å². The summed E-state index contributed by atoms with van der Waals surface area (Å²) < 4.78 is 27.0. The van der Waals surface area contributed by atoms with Gasteiger partial charge in [0.15, 0.2) is 11.6 Å². The van der Waals surface area contributed by atoms with Crippen LogP contribution in [0.2, 0.25) is 0 Å². The van der Waals surface area contributed by atoms with E-state index in [-0.39, 0.29) is 24.7 Å². The van der Waals surface area contributed by atoms with E-state index in [1.807, 2.05) is 42.2 Å². The van der Waals surface area contributed by atoms with Gasteiger partial charge in [-0.15, -0.1) is 0 Å². The van der Waals surface area contributed by atoms with Gasteiger partial charge in [0, 0.05) is 30.9 Å². The van der Waals surface area contributed by atoms with Gasteiger partial charge in [-0.3, -0.25) is 14.5 Å². The zero-order valence-corrected chi connectivity index (χ0v) is 22.6. The van der Waals surface area contributed by atoms with Gasteiger partial charge < -0.3 is 25.7 Å². The summed E-state index contributed by atoms with van der Waals surface area (Å²) >= 11 is 0. The van der Waals surface area contributed by atoms with Crippen molar-refractivity contribution in [1.29, 1.82) is 0 Å². The number of carbonyl (C=O) groups is 3. The fourth-order valence-corrected chi connectivity index (χ4v) is 5.06. The standard InChI is InChI=1S/C19H22N2O.C11H10F2N2O4/c1-14-12-16(9-10-17(14)13-20)19(22)21-11-5-4-7-15-6-2-3-8-18(15)21;12-6-1-2-7-10(9(6)13)15(11(18)19)5-8(17)14(7)3-4-16/h2-3,6,8-10,12H,4-5,7,11,13,20H2,1H3;1-2,16H,3-5H2,(H,18,19). The van der Waals surface area contributed by atoms with Crippen LogP contribution < -0.4 is 20.4 Å². The quantitative estimate of drug-likeness (QED) is 0.434. The number of carbonyl (C=O) groups excluding carboxylic acids is 2. The van der Waals surface area contributed by atoms with Crippen molar-refractivity contribution in [2.75, 3.05) is 40.9 Å². The molecule has 0 aliphatic carbocycles. The minimum Gasteiger partial charge on any atom is -0.465 e. The lowest BCUT2D eigenvalue weighted by atomic mass is 10.0. The van der Waals surface area contributed by atoms with Crippen LogP contribution in [-0.2, 0) is 17.8 Å². The maximum Gasteiger partial charge on any atom is 0.412 e. The number of amides is 3. The van der Waals surface area contributed by atoms with Crippen LogP contribution in [0.3, 0.4) is 0 Å². The summed E-state index contributed by atoms with van der Waals surface area (Å²) in [4.78, 5) is 39.1. The number of halogens is 2. The summed E-state index contributed by atoms with van der Waals surface area (Å²) in [5.41, 5.74) is 10.4. The zero-order valence-electron chi connectivity index (χ0n) is 22.6. The first-order chi connectivity index (χ1) is 19.7. The molecule has 11 heteroatoms. The van der Waals surface area contributed by atoms with Gasteiger partial charge in [-0.1, -0.05) is 24.3 Å². The highest BCUT2D eigenvalue weighted by Gasteiger charge is 2.35. The maximum atomic E-state index is 13.8. The lowest BCUT2D eigenvalue weighted by Gasteiger charge is -2.34. The van der Waals surface area contributed by atoms with Crippen molar-refractivity contribution in [3.05, 3.63) is 88.5 Å². The molecule has 2 aliphatic rings. The molecule has 0 radical (unpaired) electrons. The average Bonchev–Trinajstić information content (AvgIpc) is 3.18. The predicted octanol–water partition coefficient (Wildman–Crippen LogP) is 4.22. The third-order valence-electron chi connectivity index (χ3n) is 7.17. The van der Waals surface area contributed by atoms with Gasteiger partial charge >= 0.3 is 6.09 Å². The van der Waals surface area contributed by atoms with Crippen LogP contribution in [-0.4, -0.2) is 54.4 Å². The second-order valence-corrected chi connectivity index (χ2v) is 9.75. The fraction of sp³-hybridized carbons (Fsp3) is 0.300. The first-order valence-electron chi connectivity index (χ1n) is 13.3. The third-order valence-corrected chi connectivity index (χ3v) is 7.17. The highest BCUT2D eigenvalue weighted by Crippen LogP contribution is 2.37. The molecule has 41 heavy (non-hydrogen) atoms. The topological polar surface area (TPSA) is 127 Å². The summed E-state index contributed by atoms with van der Waals surface area (Å²) in [5.74, 6) is -3.07. The second-order valence-electron chi connectivity index (χ2n) is 9.75. The predicted molar refractivity (Wildman–Crippen MR) is 151 cm³/mol. The van der Waals surface area contributed by atoms with E-state index in [9.17, 15) is 23.2 Å². The van der Waals surface area contributed by atoms with E-state index in [1.165, 1.54) is 5.56 Å². The maximum absolute atomic E-state index is 13.8. The zero-order chi connectivity index (χ0) is 29.7. The second kappa shape index (κ2) is 12.9. The number of nitrogens with zero attached hydrogens (tertiary/aromatic N) is 3. The number of aliphatic hydroxyl groups excluding tert-OH is 1. The normalized spacial score (nSPS) is 14.5. The number of β-amino-alcohol motifs (C(OH)–C–C–N with tert-alkyl or cyclic N) is 1. The molecular formula is C30H32F2N4O5. The van der Waals surface area contributed by atoms with E-state index in [2.05, 4.69) is 12.1 Å². The van der Waals surface area contributed by atoms with E-state index in [0.29, 0.717) is 11.4 Å². The molecule has 216 valence electrons. The third kappa shape index (κ3) is 6.21. The van der Waals surface area contributed by atoms with Gasteiger partial charge in [0.1, 0.15) is 12.2 Å². The molecule has 0 saturated carbocycles. The molecule has 0 fully saturated rings. The van der Waals surface area contributed by atoms with Crippen molar-refractivity contribution < 1.29 is 33.4 Å². The van der Waals surface area contributed by atoms with Crippen LogP contribution in [0.1, 0.15) is 39.9 Å². The SMILES string of the molecule is Cc1cc(C(=O)N2CCCCc3ccccc32)ccc1CN.O=C1CN(C(=O)O)c2c(ccc(F)c2F)N1CCO. The lowest BCUT2D eigenvalue weighted by Crippen LogP contribution is -2.49. The number of anilines is 3. The van der Waals surface area contributed by atoms with Crippen molar-refractivity contribution in [3.63, 3.8) is 0 Å². The van der Waals surface area contributed by atoms with E-state index >= 15 is 0 Å². The molecule has 2 heterocycles. The number of aryl methyl sites for hydroxylation is 2. The minimum atomic E-state index is -1.55. The number of nitrogens with two attached hydrogens (primary N) is 1. The van der Waals surface area contributed by atoms with E-state index in [1.54, 1.807) is 0 Å². The smallest absolute Gasteiger partial charge is 0.412 e. The molecular weight excluding hydrogens is 534 g/mol. The molecule has 3 amide bonds. The Balaban J connectivity index is 0.000000191. The van der Waals surface area contributed by atoms with Crippen molar-refractivity contribution in [3.8, 4) is 0 Å². The molecule has 5 rings (SSSR count). The largest absolute Gasteiger partial charge is 0.465 e. The molecule has 0 bridgehead atoms. The first kappa shape index (κ1) is 29.6. The van der Waals surface area contributed by atoms with Crippen LogP contribution in [0, 0.1) is 18.6 Å². The number of hydrogen-bond donors (Lipinski definition) is 3. The number of rotatable bonds is 4. The summed E-state index contributed by atoms with van der Waals surface area (Å²) in [7, 11) is 0. The fourth-order valence-electron chi connectivity index (χ4n) is 5.06. The molecule has 0 aromatic heterocycles. The molecule has 0 saturated heterocycles. The van der Waals surface area contributed by atoms with Crippen LogP contribution in [0.15, 0.2) is 54.6 Å². The summed E-state index contributed by atoms with van der Waals surface area (Å²) in [6, 6.07) is 16.0. The van der Waals surface area contributed by atoms with Gasteiger partial charge in [0.25, 0.3) is 5.91 Å². The Labute approximate surface area is 236 Å². The van der Waals surface area contributed by atoms with Gasteiger partial charge in [0.05, 0.1) is 12.3 Å². The Morgan fingerprint density at radius 1 is 1.00 bits per heavy atom. The Morgan fingerprint density at radius 2 is 1.76 bits per heavy atom. The highest BCUT2D eigenvalue weighted by atomic mass is 19.2. The Morgan fingerprint density at radius 3 is 2.44 bits per heavy atom. The van der Waals surface area contributed by atoms with Gasteiger partial charge in [-0.25, -0.2) is 13.6 Å². The molecule has 0 atom stereocenters. The van der Waals surface area contributed by atoms with Gasteiger partial charge in [-0.2, -0.15) is 0 Å². The van der Waals surface area contributed by atoms with Crippen LogP contribution in [0.5, 0.6) is 0 Å². The van der Waals surface area contributed by atoms with Crippen LogP contribution >= 0.6 is 0 Å². The first-order valence-corrected chi connectivity index (χ1v) is 13.3. The molecule has 0 unspecified atom stereocenters. The molecule has 4 N–H and O–H groups in total. The molecule has 2 aliphatic heterocycles. The molecule has 3 aromatic carbocycles. The van der Waals surface area contributed by atoms with Crippen LogP contribution in [0.25, 0.3) is 0 Å². The van der Waals surface area contributed by atoms with Crippen molar-refractivity contribution in [2.45, 2.75) is 32.7 Å². The van der Waals surface area contributed by atoms with Crippen molar-refractivity contribution in [2.24, 2.45) is 5.73 Å². The number of carboxylic acid groups (broad SMARTS) is 1. The summed E-state index contributed by atoms with van der Waals surface area (Å²) in [5, 5.41) is 17.8. The van der Waals surface area contributed by atoms with E-state index in [0.717, 1.165) is 65.2 Å². The monoisotopic (exact) mass is 566 g/mol. The number of para-hydroxylation sites is 1. The van der Waals surface area contributed by atoms with Crippen molar-refractivity contribution in [1.82, 2.24) is 0 Å². The Bertz CT molecular complexity index is 1460. The number of fused-ring (bicyclic) bond motifs is 2. The number of hydrogen-bond acceptors (Lipinski definition) is 5. The highest BCUT2D eigenvalue weighted by molar-refractivity contribution is 6.09.